The zero-order valence-electron chi connectivity index (χ0n) is 24.6. The first-order valence-electron chi connectivity index (χ1n) is 15.0. The van der Waals surface area contributed by atoms with E-state index in [0.717, 1.165) is 77.6 Å². The maximum atomic E-state index is 5.58. The number of rotatable bonds is 4. The lowest BCUT2D eigenvalue weighted by atomic mass is 9.92. The van der Waals surface area contributed by atoms with Crippen LogP contribution in [0.15, 0.2) is 140 Å². The van der Waals surface area contributed by atoms with Gasteiger partial charge in [0.1, 0.15) is 0 Å². The van der Waals surface area contributed by atoms with E-state index in [2.05, 4.69) is 135 Å². The van der Waals surface area contributed by atoms with E-state index >= 15 is 0 Å². The highest BCUT2D eigenvalue weighted by Gasteiger charge is 2.22. The van der Waals surface area contributed by atoms with Gasteiger partial charge in [-0.1, -0.05) is 139 Å². The van der Waals surface area contributed by atoms with Crippen LogP contribution < -0.4 is 0 Å². The molecule has 0 fully saturated rings. The van der Waals surface area contributed by atoms with Gasteiger partial charge in [-0.05, 0) is 31.5 Å². The van der Waals surface area contributed by atoms with Crippen LogP contribution in [0.5, 0.6) is 0 Å². The predicted octanol–water partition coefficient (Wildman–Crippen LogP) is 10.6. The van der Waals surface area contributed by atoms with Crippen LogP contribution in [0.3, 0.4) is 0 Å². The minimum absolute atomic E-state index is 0.866. The second-order valence-corrected chi connectivity index (χ2v) is 11.4. The Balaban J connectivity index is 1.62. The molecule has 0 atom stereocenters. The molecule has 0 aliphatic carbocycles. The van der Waals surface area contributed by atoms with E-state index in [9.17, 15) is 0 Å². The number of fused-ring (bicyclic) bond motifs is 5. The summed E-state index contributed by atoms with van der Waals surface area (Å²) in [6.07, 6.45) is 0. The monoisotopic (exact) mass is 563 g/mol. The molecule has 0 N–H and O–H groups in total. The van der Waals surface area contributed by atoms with E-state index in [4.69, 9.17) is 15.0 Å². The summed E-state index contributed by atoms with van der Waals surface area (Å²) >= 11 is 0. The first-order valence-corrected chi connectivity index (χ1v) is 15.0. The van der Waals surface area contributed by atoms with Crippen molar-refractivity contribution in [1.82, 2.24) is 15.0 Å². The number of hydrogen-bond acceptors (Lipinski definition) is 3. The summed E-state index contributed by atoms with van der Waals surface area (Å²) in [4.78, 5) is 16.4. The molecule has 208 valence electrons. The zero-order valence-corrected chi connectivity index (χ0v) is 24.6. The topological polar surface area (TPSA) is 38.7 Å². The van der Waals surface area contributed by atoms with Crippen molar-refractivity contribution in [1.29, 1.82) is 0 Å². The summed E-state index contributed by atoms with van der Waals surface area (Å²) in [6.45, 7) is 4.30. The van der Waals surface area contributed by atoms with Crippen molar-refractivity contribution in [3.8, 4) is 44.9 Å². The molecule has 44 heavy (non-hydrogen) atoms. The molecule has 2 aromatic heterocycles. The molecule has 8 aromatic rings. The van der Waals surface area contributed by atoms with Crippen molar-refractivity contribution in [3.63, 3.8) is 0 Å². The van der Waals surface area contributed by atoms with Crippen molar-refractivity contribution in [2.75, 3.05) is 0 Å². The minimum atomic E-state index is 0.866. The molecule has 3 heteroatoms. The SMILES string of the molecule is Cc1cc(C)cc(-c2cc3c(-c4ccccc4)nc4ccccc4c3c3nc(-c4ccccc4)c(-c4ccccc4)nc23)c1. The fourth-order valence-corrected chi connectivity index (χ4v) is 6.39. The van der Waals surface area contributed by atoms with E-state index in [-0.39, 0.29) is 0 Å². The minimum Gasteiger partial charge on any atom is -0.247 e. The number of aromatic nitrogens is 3. The van der Waals surface area contributed by atoms with E-state index in [0.29, 0.717) is 0 Å². The maximum Gasteiger partial charge on any atom is 0.0987 e. The maximum absolute atomic E-state index is 5.58. The Morgan fingerprint density at radius 3 is 1.48 bits per heavy atom. The smallest absolute Gasteiger partial charge is 0.0987 e. The Hall–Kier alpha value is -5.67. The summed E-state index contributed by atoms with van der Waals surface area (Å²) in [5.74, 6) is 0. The van der Waals surface area contributed by atoms with E-state index in [1.807, 2.05) is 18.2 Å². The van der Waals surface area contributed by atoms with Gasteiger partial charge in [-0.3, -0.25) is 0 Å². The summed E-state index contributed by atoms with van der Waals surface area (Å²) in [6, 6.07) is 48.7. The Morgan fingerprint density at radius 1 is 0.386 bits per heavy atom. The van der Waals surface area contributed by atoms with Crippen LogP contribution >= 0.6 is 0 Å². The van der Waals surface area contributed by atoms with Gasteiger partial charge in [0, 0.05) is 38.4 Å². The van der Waals surface area contributed by atoms with Gasteiger partial charge in [-0.25, -0.2) is 15.0 Å². The standard InChI is InChI=1S/C41H29N3/c1-26-22-27(2)24-31(23-26)33-25-34-36(32-20-12-13-21-35(32)42-37(34)28-14-6-3-7-15-28)41-40(33)43-38(29-16-8-4-9-17-29)39(44-41)30-18-10-5-11-19-30/h3-25H,1-2H3. The van der Waals surface area contributed by atoms with Crippen LogP contribution in [0.25, 0.3) is 77.6 Å². The number of para-hydroxylation sites is 1. The molecule has 0 spiro atoms. The lowest BCUT2D eigenvalue weighted by Gasteiger charge is -2.18. The normalized spacial score (nSPS) is 11.4. The van der Waals surface area contributed by atoms with Gasteiger partial charge in [0.05, 0.1) is 33.6 Å². The Kier molecular flexibility index (Phi) is 6.23. The fourth-order valence-electron chi connectivity index (χ4n) is 6.39. The van der Waals surface area contributed by atoms with Crippen molar-refractivity contribution in [2.24, 2.45) is 0 Å². The molecular weight excluding hydrogens is 534 g/mol. The van der Waals surface area contributed by atoms with Crippen LogP contribution in [-0.2, 0) is 0 Å². The van der Waals surface area contributed by atoms with Gasteiger partial charge >= 0.3 is 0 Å². The Morgan fingerprint density at radius 2 is 0.886 bits per heavy atom. The molecule has 0 aliphatic heterocycles. The van der Waals surface area contributed by atoms with Crippen LogP contribution in [-0.4, -0.2) is 15.0 Å². The Bertz CT molecular complexity index is 2310. The molecular formula is C41H29N3. The van der Waals surface area contributed by atoms with Gasteiger partial charge in [-0.2, -0.15) is 0 Å². The van der Waals surface area contributed by atoms with Crippen molar-refractivity contribution >= 4 is 32.7 Å². The van der Waals surface area contributed by atoms with Crippen molar-refractivity contribution in [3.05, 3.63) is 151 Å². The lowest BCUT2D eigenvalue weighted by Crippen LogP contribution is -2.00. The van der Waals surface area contributed by atoms with Gasteiger partial charge in [-0.15, -0.1) is 0 Å². The van der Waals surface area contributed by atoms with Crippen LogP contribution in [0.4, 0.5) is 0 Å². The second-order valence-electron chi connectivity index (χ2n) is 11.4. The van der Waals surface area contributed by atoms with E-state index in [1.165, 1.54) is 11.1 Å². The molecule has 0 saturated carbocycles. The third-order valence-corrected chi connectivity index (χ3v) is 8.28. The molecule has 2 heterocycles. The number of nitrogens with zero attached hydrogens (tertiary/aromatic N) is 3. The largest absolute Gasteiger partial charge is 0.247 e. The summed E-state index contributed by atoms with van der Waals surface area (Å²) in [5.41, 5.74) is 13.1. The summed E-state index contributed by atoms with van der Waals surface area (Å²) in [5, 5.41) is 3.21. The zero-order chi connectivity index (χ0) is 29.6. The summed E-state index contributed by atoms with van der Waals surface area (Å²) in [7, 11) is 0. The van der Waals surface area contributed by atoms with Gasteiger partial charge in [0.2, 0.25) is 0 Å². The van der Waals surface area contributed by atoms with Crippen molar-refractivity contribution < 1.29 is 0 Å². The van der Waals surface area contributed by atoms with Gasteiger partial charge in [0.25, 0.3) is 0 Å². The highest BCUT2D eigenvalue weighted by atomic mass is 14.8. The quantitative estimate of drug-likeness (QED) is 0.200. The molecule has 0 radical (unpaired) electrons. The molecule has 0 aliphatic rings. The number of aryl methyl sites for hydroxylation is 2. The second kappa shape index (κ2) is 10.6. The highest BCUT2D eigenvalue weighted by Crippen LogP contribution is 2.43. The molecule has 0 saturated heterocycles. The molecule has 0 unspecified atom stereocenters. The molecule has 3 nitrogen and oxygen atoms in total. The Labute approximate surface area is 256 Å². The van der Waals surface area contributed by atoms with Crippen LogP contribution in [0.1, 0.15) is 11.1 Å². The molecule has 0 amide bonds. The number of pyridine rings is 1. The van der Waals surface area contributed by atoms with Crippen LogP contribution in [0, 0.1) is 13.8 Å². The average molecular weight is 564 g/mol. The highest BCUT2D eigenvalue weighted by molar-refractivity contribution is 6.23. The number of hydrogen-bond donors (Lipinski definition) is 0. The van der Waals surface area contributed by atoms with Gasteiger partial charge in [0.15, 0.2) is 0 Å². The molecule has 0 bridgehead atoms. The number of benzene rings is 6. The van der Waals surface area contributed by atoms with Crippen LogP contribution in [0.2, 0.25) is 0 Å². The van der Waals surface area contributed by atoms with E-state index < -0.39 is 0 Å². The molecule has 8 rings (SSSR count). The lowest BCUT2D eigenvalue weighted by molar-refractivity contribution is 1.30. The first-order chi connectivity index (χ1) is 21.6. The molecule has 6 aromatic carbocycles. The third kappa shape index (κ3) is 4.42. The van der Waals surface area contributed by atoms with Gasteiger partial charge < -0.3 is 0 Å². The predicted molar refractivity (Wildman–Crippen MR) is 184 cm³/mol. The van der Waals surface area contributed by atoms with E-state index in [1.54, 1.807) is 0 Å². The third-order valence-electron chi connectivity index (χ3n) is 8.28. The first kappa shape index (κ1) is 26.0. The fraction of sp³-hybridized carbons (Fsp3) is 0.0488. The average Bonchev–Trinajstić information content (AvgIpc) is 3.07. The summed E-state index contributed by atoms with van der Waals surface area (Å²) < 4.78 is 0. The van der Waals surface area contributed by atoms with Crippen molar-refractivity contribution in [2.45, 2.75) is 13.8 Å².